The summed E-state index contributed by atoms with van der Waals surface area (Å²) in [5.74, 6) is 0.891. The molecule has 1 heterocycles. The van der Waals surface area contributed by atoms with Gasteiger partial charge >= 0.3 is 0 Å². The van der Waals surface area contributed by atoms with Crippen LogP contribution in [-0.4, -0.2) is 34.4 Å². The molecule has 26 heavy (non-hydrogen) atoms. The fourth-order valence-corrected chi connectivity index (χ4v) is 3.10. The predicted octanol–water partition coefficient (Wildman–Crippen LogP) is 2.39. The number of hydrogen-bond acceptors (Lipinski definition) is 5. The smallest absolute Gasteiger partial charge is 0.253 e. The number of carbonyl (C=O) groups is 1. The summed E-state index contributed by atoms with van der Waals surface area (Å²) in [6.07, 6.45) is 1.08. The van der Waals surface area contributed by atoms with Gasteiger partial charge in [-0.05, 0) is 35.9 Å². The van der Waals surface area contributed by atoms with Crippen molar-refractivity contribution in [2.45, 2.75) is 6.54 Å². The van der Waals surface area contributed by atoms with Crippen molar-refractivity contribution in [3.05, 3.63) is 52.5 Å². The second-order valence-electron chi connectivity index (χ2n) is 5.76. The highest BCUT2D eigenvalue weighted by molar-refractivity contribution is 7.92. The van der Waals surface area contributed by atoms with E-state index >= 15 is 0 Å². The highest BCUT2D eigenvalue weighted by Crippen LogP contribution is 2.32. The van der Waals surface area contributed by atoms with E-state index in [1.54, 1.807) is 12.1 Å². The molecule has 0 aromatic heterocycles. The van der Waals surface area contributed by atoms with Crippen LogP contribution >= 0.6 is 11.6 Å². The molecule has 0 fully saturated rings. The number of benzene rings is 2. The maximum atomic E-state index is 12.5. The van der Waals surface area contributed by atoms with Gasteiger partial charge in [0, 0.05) is 13.6 Å². The highest BCUT2D eigenvalue weighted by atomic mass is 35.5. The van der Waals surface area contributed by atoms with Crippen LogP contribution in [0.5, 0.6) is 11.5 Å². The van der Waals surface area contributed by atoms with E-state index in [0.29, 0.717) is 17.2 Å². The van der Waals surface area contributed by atoms with Crippen molar-refractivity contribution in [3.8, 4) is 11.5 Å². The standard InChI is InChI=1S/C17H17ClN2O5S/c1-20(26(2,22)23)12-4-5-14(18)13(8-12)17(21)19-9-11-3-6-15-16(7-11)25-10-24-15/h3-8H,9-10H2,1-2H3,(H,19,21). The van der Waals surface area contributed by atoms with Gasteiger partial charge in [0.15, 0.2) is 11.5 Å². The molecule has 1 N–H and O–H groups in total. The second kappa shape index (κ2) is 7.05. The first-order chi connectivity index (χ1) is 12.3. The van der Waals surface area contributed by atoms with Gasteiger partial charge in [-0.25, -0.2) is 8.42 Å². The molecule has 0 unspecified atom stereocenters. The highest BCUT2D eigenvalue weighted by Gasteiger charge is 2.17. The molecule has 0 spiro atoms. The molecule has 0 atom stereocenters. The molecule has 9 heteroatoms. The van der Waals surface area contributed by atoms with Gasteiger partial charge in [-0.1, -0.05) is 17.7 Å². The molecular weight excluding hydrogens is 380 g/mol. The number of amides is 1. The minimum absolute atomic E-state index is 0.182. The van der Waals surface area contributed by atoms with E-state index in [1.807, 2.05) is 6.07 Å². The van der Waals surface area contributed by atoms with Crippen LogP contribution in [-0.2, 0) is 16.6 Å². The molecule has 1 aliphatic rings. The van der Waals surface area contributed by atoms with E-state index in [2.05, 4.69) is 5.32 Å². The van der Waals surface area contributed by atoms with Crippen molar-refractivity contribution < 1.29 is 22.7 Å². The molecule has 0 radical (unpaired) electrons. The molecule has 7 nitrogen and oxygen atoms in total. The van der Waals surface area contributed by atoms with Crippen molar-refractivity contribution in [2.75, 3.05) is 24.4 Å². The summed E-state index contributed by atoms with van der Waals surface area (Å²) in [5.41, 5.74) is 1.38. The Labute approximate surface area is 156 Å². The van der Waals surface area contributed by atoms with Crippen molar-refractivity contribution >= 4 is 33.2 Å². The number of ether oxygens (including phenoxy) is 2. The first kappa shape index (κ1) is 18.3. The fourth-order valence-electron chi connectivity index (χ4n) is 2.40. The second-order valence-corrected chi connectivity index (χ2v) is 8.19. The van der Waals surface area contributed by atoms with E-state index in [1.165, 1.54) is 25.2 Å². The van der Waals surface area contributed by atoms with Crippen molar-refractivity contribution in [2.24, 2.45) is 0 Å². The van der Waals surface area contributed by atoms with E-state index in [4.69, 9.17) is 21.1 Å². The van der Waals surface area contributed by atoms with E-state index in [9.17, 15) is 13.2 Å². The molecule has 0 saturated carbocycles. The fraction of sp³-hybridized carbons (Fsp3) is 0.235. The molecule has 3 rings (SSSR count). The number of sulfonamides is 1. The lowest BCUT2D eigenvalue weighted by Crippen LogP contribution is -2.26. The molecule has 2 aromatic carbocycles. The summed E-state index contributed by atoms with van der Waals surface area (Å²) >= 11 is 6.10. The average Bonchev–Trinajstić information content (AvgIpc) is 3.06. The van der Waals surface area contributed by atoms with Crippen molar-refractivity contribution in [3.63, 3.8) is 0 Å². The zero-order chi connectivity index (χ0) is 18.9. The maximum Gasteiger partial charge on any atom is 0.253 e. The zero-order valence-electron chi connectivity index (χ0n) is 14.2. The Morgan fingerprint density at radius 2 is 1.92 bits per heavy atom. The van der Waals surface area contributed by atoms with Crippen molar-refractivity contribution in [1.82, 2.24) is 5.32 Å². The normalized spacial score (nSPS) is 12.7. The molecule has 1 aliphatic heterocycles. The quantitative estimate of drug-likeness (QED) is 0.838. The summed E-state index contributed by atoms with van der Waals surface area (Å²) in [6.45, 7) is 0.444. The zero-order valence-corrected chi connectivity index (χ0v) is 15.7. The van der Waals surface area contributed by atoms with Gasteiger partial charge in [0.25, 0.3) is 5.91 Å². The Morgan fingerprint density at radius 3 is 2.65 bits per heavy atom. The minimum Gasteiger partial charge on any atom is -0.454 e. The van der Waals surface area contributed by atoms with Gasteiger partial charge in [-0.2, -0.15) is 0 Å². The topological polar surface area (TPSA) is 84.9 Å². The third-order valence-electron chi connectivity index (χ3n) is 3.95. The Morgan fingerprint density at radius 1 is 1.19 bits per heavy atom. The van der Waals surface area contributed by atoms with E-state index in [0.717, 1.165) is 16.1 Å². The summed E-state index contributed by atoms with van der Waals surface area (Å²) in [6, 6.07) is 9.87. The Bertz CT molecular complexity index is 962. The monoisotopic (exact) mass is 396 g/mol. The van der Waals surface area contributed by atoms with Gasteiger partial charge in [-0.3, -0.25) is 9.10 Å². The molecule has 1 amide bonds. The summed E-state index contributed by atoms with van der Waals surface area (Å²) in [7, 11) is -2.03. The number of nitrogens with zero attached hydrogens (tertiary/aromatic N) is 1. The minimum atomic E-state index is -3.44. The number of hydrogen-bond donors (Lipinski definition) is 1. The number of anilines is 1. The Kier molecular flexibility index (Phi) is 4.97. The molecule has 0 aliphatic carbocycles. The van der Waals surface area contributed by atoms with Crippen molar-refractivity contribution in [1.29, 1.82) is 0 Å². The first-order valence-corrected chi connectivity index (χ1v) is 9.88. The SMILES string of the molecule is CN(c1ccc(Cl)c(C(=O)NCc2ccc3c(c2)OCO3)c1)S(C)(=O)=O. The molecular formula is C17H17ClN2O5S. The number of nitrogens with one attached hydrogen (secondary N) is 1. The molecule has 0 saturated heterocycles. The molecule has 138 valence electrons. The average molecular weight is 397 g/mol. The number of halogens is 1. The van der Waals surface area contributed by atoms with Gasteiger partial charge in [-0.15, -0.1) is 0 Å². The summed E-state index contributed by atoms with van der Waals surface area (Å²) < 4.78 is 35.0. The third kappa shape index (κ3) is 3.86. The van der Waals surface area contributed by atoms with Gasteiger partial charge in [0.05, 0.1) is 22.5 Å². The predicted molar refractivity (Wildman–Crippen MR) is 98.4 cm³/mol. The van der Waals surface area contributed by atoms with Crippen LogP contribution in [0.2, 0.25) is 5.02 Å². The Balaban J connectivity index is 1.75. The summed E-state index contributed by atoms with van der Waals surface area (Å²) in [4.78, 5) is 12.5. The van der Waals surface area contributed by atoms with Crippen LogP contribution in [0.25, 0.3) is 0 Å². The molecule has 2 aromatic rings. The number of fused-ring (bicyclic) bond motifs is 1. The van der Waals surface area contributed by atoms with Crippen LogP contribution in [0.15, 0.2) is 36.4 Å². The first-order valence-electron chi connectivity index (χ1n) is 7.66. The lowest BCUT2D eigenvalue weighted by Gasteiger charge is -2.18. The Hall–Kier alpha value is -2.45. The lowest BCUT2D eigenvalue weighted by atomic mass is 10.1. The van der Waals surface area contributed by atoms with Crippen LogP contribution in [0.3, 0.4) is 0 Å². The van der Waals surface area contributed by atoms with Gasteiger partial charge in [0.2, 0.25) is 16.8 Å². The van der Waals surface area contributed by atoms with Gasteiger partial charge in [0.1, 0.15) is 0 Å². The van der Waals surface area contributed by atoms with E-state index in [-0.39, 0.29) is 23.9 Å². The third-order valence-corrected chi connectivity index (χ3v) is 5.48. The maximum absolute atomic E-state index is 12.5. The van der Waals surface area contributed by atoms with Gasteiger partial charge < -0.3 is 14.8 Å². The summed E-state index contributed by atoms with van der Waals surface area (Å²) in [5, 5.41) is 3.00. The van der Waals surface area contributed by atoms with Crippen LogP contribution < -0.4 is 19.1 Å². The van der Waals surface area contributed by atoms with Crippen LogP contribution in [0.1, 0.15) is 15.9 Å². The number of rotatable bonds is 5. The van der Waals surface area contributed by atoms with Crippen LogP contribution in [0, 0.1) is 0 Å². The van der Waals surface area contributed by atoms with E-state index < -0.39 is 15.9 Å². The molecule has 0 bridgehead atoms. The largest absolute Gasteiger partial charge is 0.454 e. The van der Waals surface area contributed by atoms with Crippen LogP contribution in [0.4, 0.5) is 5.69 Å². The number of carbonyl (C=O) groups excluding carboxylic acids is 1. The lowest BCUT2D eigenvalue weighted by molar-refractivity contribution is 0.0951.